The van der Waals surface area contributed by atoms with Crippen molar-refractivity contribution in [2.45, 2.75) is 6.92 Å². The highest BCUT2D eigenvalue weighted by molar-refractivity contribution is 6.31. The van der Waals surface area contributed by atoms with E-state index in [1.807, 2.05) is 31.2 Å². The summed E-state index contributed by atoms with van der Waals surface area (Å²) in [5, 5.41) is 23.8. The molecule has 0 bridgehead atoms. The van der Waals surface area contributed by atoms with E-state index in [2.05, 4.69) is 31.9 Å². The monoisotopic (exact) mass is 336 g/mol. The Morgan fingerprint density at radius 3 is 2.67 bits per heavy atom. The molecule has 0 radical (unpaired) electrons. The minimum Gasteiger partial charge on any atom is -0.339 e. The van der Waals surface area contributed by atoms with Crippen molar-refractivity contribution < 1.29 is 0 Å². The minimum absolute atomic E-state index is 0.294. The SMILES string of the molecule is Cc1c(Cl)cccc1Nc1cnnc(Nc2ccccc2C#N)n1. The third-order valence-electron chi connectivity index (χ3n) is 3.38. The number of para-hydroxylation sites is 1. The second-order valence-corrected chi connectivity index (χ2v) is 5.39. The van der Waals surface area contributed by atoms with Crippen LogP contribution in [0.5, 0.6) is 0 Å². The number of rotatable bonds is 4. The molecule has 0 aliphatic heterocycles. The molecule has 0 saturated heterocycles. The Labute approximate surface area is 144 Å². The van der Waals surface area contributed by atoms with E-state index in [-0.39, 0.29) is 0 Å². The van der Waals surface area contributed by atoms with Crippen molar-refractivity contribution in [3.8, 4) is 6.07 Å². The van der Waals surface area contributed by atoms with Gasteiger partial charge < -0.3 is 10.6 Å². The molecular formula is C17H13ClN6. The summed E-state index contributed by atoms with van der Waals surface area (Å²) in [6, 6.07) is 14.8. The number of halogens is 1. The van der Waals surface area contributed by atoms with E-state index in [1.54, 1.807) is 18.2 Å². The van der Waals surface area contributed by atoms with Gasteiger partial charge in [0.25, 0.3) is 0 Å². The van der Waals surface area contributed by atoms with Gasteiger partial charge in [0.15, 0.2) is 5.82 Å². The van der Waals surface area contributed by atoms with E-state index in [9.17, 15) is 0 Å². The Bertz CT molecular complexity index is 919. The topological polar surface area (TPSA) is 86.5 Å². The van der Waals surface area contributed by atoms with Crippen molar-refractivity contribution in [3.63, 3.8) is 0 Å². The molecule has 118 valence electrons. The quantitative estimate of drug-likeness (QED) is 0.742. The molecule has 0 amide bonds. The molecule has 7 heteroatoms. The molecule has 0 fully saturated rings. The predicted octanol–water partition coefficient (Wildman–Crippen LogP) is 4.19. The lowest BCUT2D eigenvalue weighted by molar-refractivity contribution is 0.982. The van der Waals surface area contributed by atoms with Crippen LogP contribution in [-0.2, 0) is 0 Å². The van der Waals surface area contributed by atoms with Crippen molar-refractivity contribution in [2.24, 2.45) is 0 Å². The van der Waals surface area contributed by atoms with E-state index < -0.39 is 0 Å². The Morgan fingerprint density at radius 2 is 1.83 bits per heavy atom. The zero-order valence-corrected chi connectivity index (χ0v) is 13.5. The van der Waals surface area contributed by atoms with Crippen molar-refractivity contribution in [1.29, 1.82) is 5.26 Å². The number of benzene rings is 2. The zero-order valence-electron chi connectivity index (χ0n) is 12.8. The summed E-state index contributed by atoms with van der Waals surface area (Å²) in [6.45, 7) is 1.92. The Morgan fingerprint density at radius 1 is 1.04 bits per heavy atom. The van der Waals surface area contributed by atoms with Crippen LogP contribution in [0.4, 0.5) is 23.1 Å². The molecule has 24 heavy (non-hydrogen) atoms. The Balaban J connectivity index is 1.84. The maximum absolute atomic E-state index is 9.13. The van der Waals surface area contributed by atoms with Gasteiger partial charge in [0.2, 0.25) is 5.95 Å². The largest absolute Gasteiger partial charge is 0.339 e. The fraction of sp³-hybridized carbons (Fsp3) is 0.0588. The maximum Gasteiger partial charge on any atom is 0.249 e. The summed E-state index contributed by atoms with van der Waals surface area (Å²) < 4.78 is 0. The van der Waals surface area contributed by atoms with Gasteiger partial charge in [-0.05, 0) is 36.8 Å². The molecule has 3 aromatic rings. The molecule has 6 nitrogen and oxygen atoms in total. The van der Waals surface area contributed by atoms with Crippen LogP contribution in [0, 0.1) is 18.3 Å². The Hall–Kier alpha value is -3.17. The first kappa shape index (κ1) is 15.7. The standard InChI is InChI=1S/C17H13ClN6/c1-11-13(18)6-4-8-14(11)21-16-10-20-24-17(23-16)22-15-7-3-2-5-12(15)9-19/h2-8,10H,1H3,(H2,21,22,23,24). The molecule has 0 saturated carbocycles. The van der Waals surface area contributed by atoms with Crippen LogP contribution in [0.3, 0.4) is 0 Å². The van der Waals surface area contributed by atoms with Crippen LogP contribution in [0.25, 0.3) is 0 Å². The number of hydrogen-bond donors (Lipinski definition) is 2. The minimum atomic E-state index is 0.294. The normalized spacial score (nSPS) is 10.0. The van der Waals surface area contributed by atoms with Crippen molar-refractivity contribution in [3.05, 3.63) is 64.8 Å². The molecule has 0 spiro atoms. The fourth-order valence-corrected chi connectivity index (χ4v) is 2.28. The van der Waals surface area contributed by atoms with E-state index in [0.717, 1.165) is 11.3 Å². The van der Waals surface area contributed by atoms with Crippen LogP contribution < -0.4 is 10.6 Å². The van der Waals surface area contributed by atoms with Gasteiger partial charge in [-0.15, -0.1) is 5.10 Å². The van der Waals surface area contributed by atoms with Gasteiger partial charge in [-0.25, -0.2) is 0 Å². The van der Waals surface area contributed by atoms with Crippen molar-refractivity contribution in [1.82, 2.24) is 15.2 Å². The first-order chi connectivity index (χ1) is 11.7. The van der Waals surface area contributed by atoms with Crippen LogP contribution in [0.15, 0.2) is 48.7 Å². The lowest BCUT2D eigenvalue weighted by Crippen LogP contribution is -2.04. The van der Waals surface area contributed by atoms with Gasteiger partial charge in [-0.3, -0.25) is 0 Å². The highest BCUT2D eigenvalue weighted by Gasteiger charge is 2.07. The van der Waals surface area contributed by atoms with Gasteiger partial charge in [-0.2, -0.15) is 15.3 Å². The summed E-state index contributed by atoms with van der Waals surface area (Å²) >= 11 is 6.12. The first-order valence-electron chi connectivity index (χ1n) is 7.15. The first-order valence-corrected chi connectivity index (χ1v) is 7.53. The number of nitrogens with one attached hydrogen (secondary N) is 2. The number of hydrogen-bond acceptors (Lipinski definition) is 6. The summed E-state index contributed by atoms with van der Waals surface area (Å²) in [4.78, 5) is 4.36. The third-order valence-corrected chi connectivity index (χ3v) is 3.79. The highest BCUT2D eigenvalue weighted by Crippen LogP contribution is 2.25. The summed E-state index contributed by atoms with van der Waals surface area (Å²) in [5.41, 5.74) is 2.89. The van der Waals surface area contributed by atoms with Gasteiger partial charge in [0.05, 0.1) is 17.4 Å². The smallest absolute Gasteiger partial charge is 0.249 e. The lowest BCUT2D eigenvalue weighted by atomic mass is 10.2. The van der Waals surface area contributed by atoms with Crippen LogP contribution >= 0.6 is 11.6 Å². The fourth-order valence-electron chi connectivity index (χ4n) is 2.11. The average molecular weight is 337 g/mol. The maximum atomic E-state index is 9.13. The zero-order chi connectivity index (χ0) is 16.9. The molecule has 1 aromatic heterocycles. The van der Waals surface area contributed by atoms with Crippen molar-refractivity contribution in [2.75, 3.05) is 10.6 Å². The summed E-state index contributed by atoms with van der Waals surface area (Å²) in [7, 11) is 0. The molecule has 0 unspecified atom stereocenters. The van der Waals surface area contributed by atoms with E-state index in [1.165, 1.54) is 6.20 Å². The van der Waals surface area contributed by atoms with Gasteiger partial charge in [-0.1, -0.05) is 29.8 Å². The molecule has 3 rings (SSSR count). The highest BCUT2D eigenvalue weighted by atomic mass is 35.5. The van der Waals surface area contributed by atoms with Crippen LogP contribution in [0.2, 0.25) is 5.02 Å². The van der Waals surface area contributed by atoms with Crippen molar-refractivity contribution >= 4 is 34.7 Å². The van der Waals surface area contributed by atoms with Crippen LogP contribution in [0.1, 0.15) is 11.1 Å². The molecule has 0 aliphatic carbocycles. The number of nitrogens with zero attached hydrogens (tertiary/aromatic N) is 4. The van der Waals surface area contributed by atoms with Gasteiger partial charge in [0.1, 0.15) is 6.07 Å². The number of anilines is 4. The third kappa shape index (κ3) is 3.42. The van der Waals surface area contributed by atoms with Gasteiger partial charge in [0, 0.05) is 10.7 Å². The second-order valence-electron chi connectivity index (χ2n) is 4.99. The molecule has 1 heterocycles. The van der Waals surface area contributed by atoms with Gasteiger partial charge >= 0.3 is 0 Å². The van der Waals surface area contributed by atoms with E-state index in [4.69, 9.17) is 16.9 Å². The Kier molecular flexibility index (Phi) is 4.54. The average Bonchev–Trinajstić information content (AvgIpc) is 2.60. The molecule has 2 aromatic carbocycles. The molecule has 2 N–H and O–H groups in total. The van der Waals surface area contributed by atoms with E-state index in [0.29, 0.717) is 28.0 Å². The summed E-state index contributed by atoms with van der Waals surface area (Å²) in [5.74, 6) is 0.815. The lowest BCUT2D eigenvalue weighted by Gasteiger charge is -2.11. The summed E-state index contributed by atoms with van der Waals surface area (Å²) in [6.07, 6.45) is 1.52. The molecule has 0 aliphatic rings. The molecular weight excluding hydrogens is 324 g/mol. The second kappa shape index (κ2) is 6.94. The molecule has 0 atom stereocenters. The van der Waals surface area contributed by atoms with E-state index >= 15 is 0 Å². The van der Waals surface area contributed by atoms with Crippen LogP contribution in [-0.4, -0.2) is 15.2 Å². The number of aromatic nitrogens is 3. The number of nitriles is 1. The predicted molar refractivity (Wildman–Crippen MR) is 93.7 cm³/mol.